The van der Waals surface area contributed by atoms with Crippen LogP contribution in [-0.4, -0.2) is 37.7 Å². The number of urea groups is 1. The smallest absolute Gasteiger partial charge is 0.321 e. The lowest BCUT2D eigenvalue weighted by Gasteiger charge is -2.10. The van der Waals surface area contributed by atoms with E-state index < -0.39 is 5.82 Å². The summed E-state index contributed by atoms with van der Waals surface area (Å²) >= 11 is 0. The minimum atomic E-state index is -0.395. The van der Waals surface area contributed by atoms with Crippen molar-refractivity contribution in [3.05, 3.63) is 81.7 Å². The molecule has 0 saturated carbocycles. The zero-order valence-corrected chi connectivity index (χ0v) is 19.1. The van der Waals surface area contributed by atoms with Crippen molar-refractivity contribution in [3.63, 3.8) is 0 Å². The number of hydrogen-bond donors (Lipinski definition) is 4. The van der Waals surface area contributed by atoms with Gasteiger partial charge in [-0.1, -0.05) is 24.3 Å². The van der Waals surface area contributed by atoms with Crippen molar-refractivity contribution >= 4 is 33.9 Å². The summed E-state index contributed by atoms with van der Waals surface area (Å²) in [6.07, 6.45) is 0.405. The van der Waals surface area contributed by atoms with E-state index in [9.17, 15) is 14.0 Å². The Morgan fingerprint density at radius 1 is 1.06 bits per heavy atom. The molecule has 0 saturated heterocycles. The van der Waals surface area contributed by atoms with Gasteiger partial charge in [-0.3, -0.25) is 10.1 Å². The number of halogens is 1. The van der Waals surface area contributed by atoms with Gasteiger partial charge in [-0.2, -0.15) is 5.10 Å². The molecule has 0 fully saturated rings. The Kier molecular flexibility index (Phi) is 5.69. The molecule has 0 aliphatic rings. The highest BCUT2D eigenvalue weighted by Crippen LogP contribution is 2.30. The highest BCUT2D eigenvalue weighted by atomic mass is 19.1. The summed E-state index contributed by atoms with van der Waals surface area (Å²) < 4.78 is 15.0. The molecule has 0 unspecified atom stereocenters. The van der Waals surface area contributed by atoms with Crippen LogP contribution in [0.1, 0.15) is 23.9 Å². The van der Waals surface area contributed by atoms with Gasteiger partial charge in [0.25, 0.3) is 5.56 Å². The van der Waals surface area contributed by atoms with E-state index in [4.69, 9.17) is 0 Å². The number of aryl methyl sites for hydroxylation is 1. The number of nitrogens with zero attached hydrogens (tertiary/aromatic N) is 3. The molecular weight excluding hydrogens is 449 g/mol. The fourth-order valence-corrected chi connectivity index (χ4v) is 4.06. The Hall–Kier alpha value is -4.60. The second-order valence-corrected chi connectivity index (χ2v) is 8.09. The molecule has 0 aliphatic heterocycles. The van der Waals surface area contributed by atoms with Crippen molar-refractivity contribution < 1.29 is 9.18 Å². The number of benzene rings is 2. The first-order chi connectivity index (χ1) is 16.9. The minimum Gasteiger partial charge on any atom is -0.338 e. The van der Waals surface area contributed by atoms with Crippen molar-refractivity contribution in [3.8, 4) is 11.1 Å². The number of nitrogens with one attached hydrogen (secondary N) is 4. The van der Waals surface area contributed by atoms with Gasteiger partial charge in [0.15, 0.2) is 5.65 Å². The van der Waals surface area contributed by atoms with Gasteiger partial charge >= 0.3 is 6.03 Å². The first kappa shape index (κ1) is 22.2. The fourth-order valence-electron chi connectivity index (χ4n) is 4.06. The predicted octanol–water partition coefficient (Wildman–Crippen LogP) is 4.04. The topological polar surface area (TPSA) is 128 Å². The van der Waals surface area contributed by atoms with Crippen LogP contribution >= 0.6 is 0 Å². The van der Waals surface area contributed by atoms with E-state index in [1.807, 2.05) is 19.1 Å². The molecule has 4 N–H and O–H groups in total. The van der Waals surface area contributed by atoms with Crippen LogP contribution in [0, 0.1) is 12.7 Å². The molecule has 3 heterocycles. The number of amides is 2. The Morgan fingerprint density at radius 2 is 1.86 bits per heavy atom. The monoisotopic (exact) mass is 471 g/mol. The summed E-state index contributed by atoms with van der Waals surface area (Å²) in [6.45, 7) is 4.08. The van der Waals surface area contributed by atoms with Gasteiger partial charge in [-0.05, 0) is 43.7 Å². The van der Waals surface area contributed by atoms with Crippen molar-refractivity contribution in [2.24, 2.45) is 0 Å². The van der Waals surface area contributed by atoms with Gasteiger partial charge in [-0.25, -0.2) is 24.3 Å². The Bertz CT molecular complexity index is 1640. The number of hydrogen-bond acceptors (Lipinski definition) is 5. The van der Waals surface area contributed by atoms with Crippen LogP contribution in [-0.2, 0) is 6.42 Å². The van der Waals surface area contributed by atoms with Gasteiger partial charge in [0.1, 0.15) is 11.3 Å². The molecular formula is C25H22FN7O2. The first-order valence-corrected chi connectivity index (χ1v) is 11.1. The van der Waals surface area contributed by atoms with E-state index in [1.165, 1.54) is 6.07 Å². The Labute approximate surface area is 198 Å². The number of aromatic nitrogens is 5. The maximum absolute atomic E-state index is 15.0. The van der Waals surface area contributed by atoms with Crippen LogP contribution < -0.4 is 16.2 Å². The number of imidazole rings is 1. The molecule has 0 bridgehead atoms. The Balaban J connectivity index is 1.52. The van der Waals surface area contributed by atoms with Crippen molar-refractivity contribution in [2.75, 3.05) is 11.9 Å². The minimum absolute atomic E-state index is 0.250. The van der Waals surface area contributed by atoms with Crippen molar-refractivity contribution in [1.82, 2.24) is 30.5 Å². The Morgan fingerprint density at radius 3 is 2.66 bits per heavy atom. The normalized spacial score (nSPS) is 11.2. The molecule has 0 spiro atoms. The second-order valence-electron chi connectivity index (χ2n) is 8.09. The van der Waals surface area contributed by atoms with Crippen LogP contribution in [0.5, 0.6) is 0 Å². The van der Waals surface area contributed by atoms with Crippen molar-refractivity contribution in [1.29, 1.82) is 0 Å². The lowest BCUT2D eigenvalue weighted by Crippen LogP contribution is -2.28. The van der Waals surface area contributed by atoms with E-state index in [2.05, 4.69) is 35.8 Å². The maximum atomic E-state index is 15.0. The number of carbonyl (C=O) groups is 1. The van der Waals surface area contributed by atoms with Gasteiger partial charge in [0.2, 0.25) is 5.95 Å². The molecule has 2 aromatic carbocycles. The molecule has 3 aromatic heterocycles. The number of anilines is 1. The predicted molar refractivity (Wildman–Crippen MR) is 132 cm³/mol. The summed E-state index contributed by atoms with van der Waals surface area (Å²) in [5, 5.41) is 13.3. The van der Waals surface area contributed by atoms with Crippen LogP contribution in [0.25, 0.3) is 33.1 Å². The van der Waals surface area contributed by atoms with E-state index in [0.717, 1.165) is 10.9 Å². The third-order valence-corrected chi connectivity index (χ3v) is 5.70. The number of H-pyrrole nitrogens is 2. The molecule has 5 aromatic rings. The molecule has 0 aliphatic carbocycles. The fraction of sp³-hybridized carbons (Fsp3) is 0.160. The van der Waals surface area contributed by atoms with E-state index >= 15 is 0 Å². The number of carbonyl (C=O) groups excluding carboxylic acids is 1. The third-order valence-electron chi connectivity index (χ3n) is 5.70. The summed E-state index contributed by atoms with van der Waals surface area (Å²) in [5.41, 5.74) is 3.82. The second kappa shape index (κ2) is 8.98. The largest absolute Gasteiger partial charge is 0.338 e. The van der Waals surface area contributed by atoms with E-state index in [-0.39, 0.29) is 17.5 Å². The van der Waals surface area contributed by atoms with Crippen LogP contribution in [0.15, 0.2) is 53.3 Å². The van der Waals surface area contributed by atoms with Crippen LogP contribution in [0.2, 0.25) is 0 Å². The number of rotatable bonds is 5. The quantitative estimate of drug-likeness (QED) is 0.308. The zero-order chi connectivity index (χ0) is 24.5. The van der Waals surface area contributed by atoms with Gasteiger partial charge < -0.3 is 10.3 Å². The summed E-state index contributed by atoms with van der Waals surface area (Å²) in [6, 6.07) is 13.5. The van der Waals surface area contributed by atoms with Crippen LogP contribution in [0.4, 0.5) is 15.1 Å². The molecule has 176 valence electrons. The molecule has 0 radical (unpaired) electrons. The van der Waals surface area contributed by atoms with E-state index in [0.29, 0.717) is 52.0 Å². The summed E-state index contributed by atoms with van der Waals surface area (Å²) in [5.74, 6) is -0.145. The number of aromatic amines is 2. The average molecular weight is 471 g/mol. The van der Waals surface area contributed by atoms with Gasteiger partial charge in [0.05, 0.1) is 11.1 Å². The molecule has 35 heavy (non-hydrogen) atoms. The van der Waals surface area contributed by atoms with Gasteiger partial charge in [0, 0.05) is 35.2 Å². The SMILES string of the molecule is CCNC(=O)Nc1nc2cc(-c3cc(Cc4n[nH]c(=O)c5ccccc45)ccc3F)c(C)nc2[nH]1. The summed E-state index contributed by atoms with van der Waals surface area (Å²) in [7, 11) is 0. The van der Waals surface area contributed by atoms with Gasteiger partial charge in [-0.15, -0.1) is 0 Å². The zero-order valence-electron chi connectivity index (χ0n) is 19.1. The van der Waals surface area contributed by atoms with E-state index in [1.54, 1.807) is 37.3 Å². The molecule has 10 heteroatoms. The maximum Gasteiger partial charge on any atom is 0.321 e. The molecule has 9 nitrogen and oxygen atoms in total. The third kappa shape index (κ3) is 4.33. The molecule has 0 atom stereocenters. The van der Waals surface area contributed by atoms with Crippen LogP contribution in [0.3, 0.4) is 0 Å². The van der Waals surface area contributed by atoms with Crippen molar-refractivity contribution in [2.45, 2.75) is 20.3 Å². The highest BCUT2D eigenvalue weighted by Gasteiger charge is 2.15. The standard InChI is InChI=1S/C25H22FN7O2/c1-3-27-25(35)31-24-29-21-12-17(13(2)28-22(21)30-24)18-10-14(8-9-19(18)26)11-20-15-6-4-5-7-16(15)23(34)33-32-20/h4-10,12H,3,11H2,1-2H3,(H,33,34)(H3,27,28,29,30,31,35). The first-order valence-electron chi connectivity index (χ1n) is 11.1. The average Bonchev–Trinajstić information content (AvgIpc) is 3.22. The highest BCUT2D eigenvalue weighted by molar-refractivity contribution is 5.90. The lowest BCUT2D eigenvalue weighted by atomic mass is 9.98. The summed E-state index contributed by atoms with van der Waals surface area (Å²) in [4.78, 5) is 35.7. The molecule has 2 amide bonds. The molecule has 5 rings (SSSR count). The number of fused-ring (bicyclic) bond motifs is 2. The number of pyridine rings is 1. The lowest BCUT2D eigenvalue weighted by molar-refractivity contribution is 0.252.